The summed E-state index contributed by atoms with van der Waals surface area (Å²) in [7, 11) is 3.86. The van der Waals surface area contributed by atoms with Crippen LogP contribution >= 0.6 is 0 Å². The van der Waals surface area contributed by atoms with E-state index in [1.807, 2.05) is 14.1 Å². The van der Waals surface area contributed by atoms with Crippen LogP contribution in [0.4, 0.5) is 0 Å². The zero-order chi connectivity index (χ0) is 8.15. The summed E-state index contributed by atoms with van der Waals surface area (Å²) in [4.78, 5) is 3.10. The molecule has 0 unspecified atom stereocenters. The molecule has 0 saturated carbocycles. The van der Waals surface area contributed by atoms with Crippen molar-refractivity contribution in [3.8, 4) is 0 Å². The minimum absolute atomic E-state index is 1.21. The van der Waals surface area contributed by atoms with Gasteiger partial charge in [0.1, 0.15) is 7.05 Å². The molecule has 0 bridgehead atoms. The highest BCUT2D eigenvalue weighted by molar-refractivity contribution is 5.93. The summed E-state index contributed by atoms with van der Waals surface area (Å²) < 4.78 is 0. The van der Waals surface area contributed by atoms with E-state index in [1.165, 1.54) is 17.0 Å². The summed E-state index contributed by atoms with van der Waals surface area (Å²) in [6.07, 6.45) is 0. The highest BCUT2D eigenvalue weighted by atomic mass is 14.8. The average molecular weight is 141 g/mol. The van der Waals surface area contributed by atoms with E-state index in [0.29, 0.717) is 0 Å². The molecule has 0 aliphatic carbocycles. The van der Waals surface area contributed by atoms with Crippen molar-refractivity contribution in [3.05, 3.63) is 11.3 Å². The molecule has 0 amide bonds. The van der Waals surface area contributed by atoms with Crippen molar-refractivity contribution >= 4 is 5.71 Å². The van der Waals surface area contributed by atoms with Gasteiger partial charge in [0.25, 0.3) is 0 Å². The van der Waals surface area contributed by atoms with Crippen LogP contribution in [0.1, 0.15) is 20.8 Å². The van der Waals surface area contributed by atoms with Crippen LogP contribution in [0.3, 0.4) is 0 Å². The number of nitrogens with one attached hydrogen (secondary N) is 2. The largest absolute Gasteiger partial charge is 0.391 e. The normalized spacial score (nSPS) is 14.7. The van der Waals surface area contributed by atoms with Gasteiger partial charge in [-0.15, -0.1) is 0 Å². The second kappa shape index (κ2) is 4.09. The third kappa shape index (κ3) is 2.21. The molecule has 58 valence electrons. The third-order valence-electron chi connectivity index (χ3n) is 1.88. The highest BCUT2D eigenvalue weighted by Gasteiger charge is 2.01. The molecule has 2 nitrogen and oxygen atoms in total. The highest BCUT2D eigenvalue weighted by Crippen LogP contribution is 1.97. The van der Waals surface area contributed by atoms with Crippen LogP contribution in [0.5, 0.6) is 0 Å². The van der Waals surface area contributed by atoms with Gasteiger partial charge in [0, 0.05) is 25.2 Å². The summed E-state index contributed by atoms with van der Waals surface area (Å²) in [5.41, 5.74) is 3.71. The lowest BCUT2D eigenvalue weighted by atomic mass is 10.1. The smallest absolute Gasteiger partial charge is 0.175 e. The number of hydrogen-bond donors (Lipinski definition) is 2. The fraction of sp³-hybridized carbons (Fsp3) is 0.625. The van der Waals surface area contributed by atoms with Crippen molar-refractivity contribution in [2.24, 2.45) is 0 Å². The first-order valence-corrected chi connectivity index (χ1v) is 3.50. The van der Waals surface area contributed by atoms with Crippen LogP contribution in [-0.4, -0.2) is 19.8 Å². The quantitative estimate of drug-likeness (QED) is 0.506. The van der Waals surface area contributed by atoms with E-state index < -0.39 is 0 Å². The van der Waals surface area contributed by atoms with Gasteiger partial charge in [0.2, 0.25) is 0 Å². The maximum absolute atomic E-state index is 3.10. The second-order valence-corrected chi connectivity index (χ2v) is 2.38. The first-order chi connectivity index (χ1) is 4.63. The summed E-state index contributed by atoms with van der Waals surface area (Å²) in [6, 6.07) is 0. The summed E-state index contributed by atoms with van der Waals surface area (Å²) in [5, 5.41) is 3.10. The minimum Gasteiger partial charge on any atom is -0.391 e. The lowest BCUT2D eigenvalue weighted by Gasteiger charge is -2.01. The molecule has 0 aromatic carbocycles. The van der Waals surface area contributed by atoms with Gasteiger partial charge in [-0.1, -0.05) is 0 Å². The fourth-order valence-electron chi connectivity index (χ4n) is 0.656. The molecule has 0 aromatic heterocycles. The molecule has 0 radical (unpaired) electrons. The molecule has 0 spiro atoms. The van der Waals surface area contributed by atoms with E-state index in [2.05, 4.69) is 31.1 Å². The predicted octanol–water partition coefficient (Wildman–Crippen LogP) is -0.329. The molecule has 0 aromatic rings. The van der Waals surface area contributed by atoms with E-state index in [1.54, 1.807) is 0 Å². The van der Waals surface area contributed by atoms with Crippen molar-refractivity contribution in [1.82, 2.24) is 5.32 Å². The maximum Gasteiger partial charge on any atom is 0.175 e. The SMILES string of the molecule is CN/C(C)=C(/C)C(C)=[NH+]C. The molecule has 0 fully saturated rings. The van der Waals surface area contributed by atoms with Gasteiger partial charge in [-0.05, 0) is 13.8 Å². The Labute approximate surface area is 63.0 Å². The lowest BCUT2D eigenvalue weighted by Crippen LogP contribution is -2.67. The van der Waals surface area contributed by atoms with Crippen LogP contribution in [-0.2, 0) is 0 Å². The molecular weight excluding hydrogens is 124 g/mol. The van der Waals surface area contributed by atoms with Crippen LogP contribution < -0.4 is 10.3 Å². The van der Waals surface area contributed by atoms with E-state index in [0.717, 1.165) is 0 Å². The zero-order valence-electron chi connectivity index (χ0n) is 7.50. The van der Waals surface area contributed by atoms with Gasteiger partial charge in [-0.25, -0.2) is 4.99 Å². The Morgan fingerprint density at radius 2 is 1.70 bits per heavy atom. The van der Waals surface area contributed by atoms with Gasteiger partial charge in [0.15, 0.2) is 5.71 Å². The average Bonchev–Trinajstić information content (AvgIpc) is 2.00. The molecule has 2 N–H and O–H groups in total. The minimum atomic E-state index is 1.21. The van der Waals surface area contributed by atoms with E-state index in [9.17, 15) is 0 Å². The molecule has 0 aliphatic rings. The topological polar surface area (TPSA) is 26.0 Å². The standard InChI is InChI=1S/C8H16N2/c1-6(7(2)9-4)8(3)10-5/h9H,1-5H3/p+1/b7-6-,10-8?. The first-order valence-electron chi connectivity index (χ1n) is 3.50. The van der Waals surface area contributed by atoms with E-state index in [-0.39, 0.29) is 0 Å². The van der Waals surface area contributed by atoms with Crippen molar-refractivity contribution in [1.29, 1.82) is 0 Å². The van der Waals surface area contributed by atoms with Crippen molar-refractivity contribution in [2.45, 2.75) is 20.8 Å². The van der Waals surface area contributed by atoms with Crippen molar-refractivity contribution < 1.29 is 4.99 Å². The number of allylic oxidation sites excluding steroid dienone is 2. The van der Waals surface area contributed by atoms with E-state index >= 15 is 0 Å². The van der Waals surface area contributed by atoms with Gasteiger partial charge in [-0.3, -0.25) is 0 Å². The summed E-state index contributed by atoms with van der Waals surface area (Å²) >= 11 is 0. The van der Waals surface area contributed by atoms with Gasteiger partial charge in [0.05, 0.1) is 0 Å². The van der Waals surface area contributed by atoms with Gasteiger partial charge >= 0.3 is 0 Å². The monoisotopic (exact) mass is 141 g/mol. The molecule has 0 heterocycles. The Bertz CT molecular complexity index is 166. The molecule has 2 heteroatoms. The Hall–Kier alpha value is -0.790. The molecule has 0 saturated heterocycles. The molecule has 0 atom stereocenters. The maximum atomic E-state index is 3.10. The Kier molecular flexibility index (Phi) is 3.77. The number of rotatable bonds is 2. The second-order valence-electron chi connectivity index (χ2n) is 2.38. The van der Waals surface area contributed by atoms with Crippen LogP contribution in [0, 0.1) is 0 Å². The third-order valence-corrected chi connectivity index (χ3v) is 1.88. The van der Waals surface area contributed by atoms with E-state index in [4.69, 9.17) is 0 Å². The Morgan fingerprint density at radius 3 is 2.00 bits per heavy atom. The van der Waals surface area contributed by atoms with Crippen LogP contribution in [0.25, 0.3) is 0 Å². The van der Waals surface area contributed by atoms with Gasteiger partial charge < -0.3 is 5.32 Å². The molecule has 0 rings (SSSR count). The fourth-order valence-corrected chi connectivity index (χ4v) is 0.656. The van der Waals surface area contributed by atoms with Crippen molar-refractivity contribution in [3.63, 3.8) is 0 Å². The number of hydrogen-bond acceptors (Lipinski definition) is 1. The van der Waals surface area contributed by atoms with Crippen LogP contribution in [0.15, 0.2) is 11.3 Å². The van der Waals surface area contributed by atoms with Crippen molar-refractivity contribution in [2.75, 3.05) is 14.1 Å². The molecule has 10 heavy (non-hydrogen) atoms. The molecule has 0 aliphatic heterocycles. The molecular formula is C8H17N2+. The zero-order valence-corrected chi connectivity index (χ0v) is 7.50. The van der Waals surface area contributed by atoms with Gasteiger partial charge in [-0.2, -0.15) is 0 Å². The Balaban J connectivity index is 4.46. The summed E-state index contributed by atoms with van der Waals surface area (Å²) in [6.45, 7) is 6.23. The lowest BCUT2D eigenvalue weighted by molar-refractivity contribution is -0.419. The summed E-state index contributed by atoms with van der Waals surface area (Å²) in [5.74, 6) is 0. The first kappa shape index (κ1) is 9.21. The Morgan fingerprint density at radius 1 is 1.20 bits per heavy atom. The predicted molar refractivity (Wildman–Crippen MR) is 45.0 cm³/mol. The van der Waals surface area contributed by atoms with Crippen LogP contribution in [0.2, 0.25) is 0 Å².